The van der Waals surface area contributed by atoms with E-state index in [1.54, 1.807) is 29.4 Å². The lowest BCUT2D eigenvalue weighted by atomic mass is 10.0. The summed E-state index contributed by atoms with van der Waals surface area (Å²) in [5.41, 5.74) is 23.9. The van der Waals surface area contributed by atoms with Crippen LogP contribution in [0.25, 0.3) is 0 Å². The van der Waals surface area contributed by atoms with Crippen LogP contribution >= 0.6 is 18.4 Å². The Morgan fingerprint density at radius 1 is 0.422 bits per heavy atom. The minimum atomic E-state index is -1.12. The fourth-order valence-corrected chi connectivity index (χ4v) is 8.48. The maximum atomic E-state index is 4.90. The smallest absolute Gasteiger partial charge is 0.174 e. The summed E-state index contributed by atoms with van der Waals surface area (Å²) < 4.78 is 4.90. The fourth-order valence-electron chi connectivity index (χ4n) is 5.68. The molecular weight excluding hydrogens is 1060 g/mol. The van der Waals surface area contributed by atoms with E-state index in [2.05, 4.69) is 178 Å². The summed E-state index contributed by atoms with van der Waals surface area (Å²) in [6.07, 6.45) is 20.7. The van der Waals surface area contributed by atoms with Crippen molar-refractivity contribution in [1.82, 2.24) is 10.6 Å². The van der Waals surface area contributed by atoms with Crippen molar-refractivity contribution in [2.75, 3.05) is 38.5 Å². The largest absolute Gasteiger partial charge is 0.479 e. The lowest BCUT2D eigenvalue weighted by molar-refractivity contribution is 0.347. The zero-order chi connectivity index (χ0) is 66.7. The van der Waals surface area contributed by atoms with Crippen molar-refractivity contribution in [3.05, 3.63) is 113 Å². The third kappa shape index (κ3) is 51.2. The van der Waals surface area contributed by atoms with Crippen molar-refractivity contribution in [1.29, 1.82) is 0 Å². The summed E-state index contributed by atoms with van der Waals surface area (Å²) in [5.74, 6) is 17.1. The molecule has 11 heteroatoms. The monoisotopic (exact) mass is 1190 g/mol. The van der Waals surface area contributed by atoms with Crippen LogP contribution in [-0.2, 0) is 4.74 Å². The molecule has 0 radical (unpaired) electrons. The topological polar surface area (TPSA) is 107 Å². The Kier molecular flexibility index (Phi) is 71.7. The van der Waals surface area contributed by atoms with Gasteiger partial charge >= 0.3 is 0 Å². The van der Waals surface area contributed by atoms with Crippen LogP contribution in [0.15, 0.2) is 143 Å². The molecule has 83 heavy (non-hydrogen) atoms. The van der Waals surface area contributed by atoms with Gasteiger partial charge in [0.05, 0.1) is 38.9 Å². The molecule has 0 aromatic carbocycles. The van der Waals surface area contributed by atoms with Gasteiger partial charge in [0.1, 0.15) is 6.61 Å². The minimum Gasteiger partial charge on any atom is -0.479 e. The predicted octanol–water partition coefficient (Wildman–Crippen LogP) is 22.1. The molecule has 6 aliphatic heterocycles. The van der Waals surface area contributed by atoms with Crippen LogP contribution in [0.3, 0.4) is 0 Å². The van der Waals surface area contributed by atoms with Crippen molar-refractivity contribution in [3.63, 3.8) is 0 Å². The van der Waals surface area contributed by atoms with Gasteiger partial charge in [-0.3, -0.25) is 25.0 Å². The second kappa shape index (κ2) is 63.0. The number of nitrogens with zero attached hydrogens (tertiary/aromatic N) is 6. The van der Waals surface area contributed by atoms with Gasteiger partial charge in [-0.05, 0) is 180 Å². The zero-order valence-corrected chi connectivity index (χ0v) is 62.2. The van der Waals surface area contributed by atoms with Gasteiger partial charge in [0.25, 0.3) is 0 Å². The van der Waals surface area contributed by atoms with Gasteiger partial charge in [-0.15, -0.1) is 0 Å². The highest BCUT2D eigenvalue weighted by Gasteiger charge is 2.06. The number of aliphatic imine (C=N–C) groups is 6. The molecule has 8 aliphatic rings. The molecule has 2 aliphatic carbocycles. The van der Waals surface area contributed by atoms with E-state index in [1.807, 2.05) is 149 Å². The molecule has 0 spiro atoms. The van der Waals surface area contributed by atoms with Gasteiger partial charge in [-0.1, -0.05) is 181 Å². The van der Waals surface area contributed by atoms with Crippen molar-refractivity contribution < 1.29 is 4.74 Å². The average Bonchev–Trinajstić information content (AvgIpc) is 3.89. The molecule has 0 aromatic heterocycles. The first-order valence-corrected chi connectivity index (χ1v) is 35.4. The third-order valence-corrected chi connectivity index (χ3v) is 15.8. The number of nitrogens with one attached hydrogen (secondary N) is 2. The quantitative estimate of drug-likeness (QED) is 0.186. The molecule has 0 amide bonds. The Hall–Kier alpha value is -5.00. The average molecular weight is 1190 g/mol. The second-order valence-electron chi connectivity index (χ2n) is 18.3. The molecule has 6 heterocycles. The van der Waals surface area contributed by atoms with Crippen LogP contribution in [0.5, 0.6) is 0 Å². The first-order valence-electron chi connectivity index (χ1n) is 31.1. The summed E-state index contributed by atoms with van der Waals surface area (Å²) >= 11 is 0. The maximum Gasteiger partial charge on any atom is 0.174 e. The Morgan fingerprint density at radius 3 is 1.08 bits per heavy atom. The van der Waals surface area contributed by atoms with E-state index in [-0.39, 0.29) is 0 Å². The molecule has 8 rings (SSSR count). The third-order valence-electron chi connectivity index (χ3n) is 12.1. The first kappa shape index (κ1) is 94.4. The van der Waals surface area contributed by atoms with E-state index in [4.69, 9.17) is 4.74 Å². The van der Waals surface area contributed by atoms with Gasteiger partial charge < -0.3 is 15.4 Å². The van der Waals surface area contributed by atoms with Gasteiger partial charge in [0, 0.05) is 45.8 Å². The van der Waals surface area contributed by atoms with E-state index in [0.29, 0.717) is 6.61 Å². The van der Waals surface area contributed by atoms with Gasteiger partial charge in [-0.2, -0.15) is 18.4 Å². The highest BCUT2D eigenvalue weighted by atomic mass is 32.2. The number of hydrogen-bond acceptors (Lipinski definition) is 9. The van der Waals surface area contributed by atoms with Crippen molar-refractivity contribution in [2.24, 2.45) is 30.0 Å². The van der Waals surface area contributed by atoms with Crippen molar-refractivity contribution in [3.8, 4) is 0 Å². The molecule has 0 fully saturated rings. The Balaban J connectivity index is -0.000000125. The summed E-state index contributed by atoms with van der Waals surface area (Å²) in [4.78, 5) is 25.8. The molecule has 0 aromatic rings. The van der Waals surface area contributed by atoms with Gasteiger partial charge in [0.2, 0.25) is 0 Å². The van der Waals surface area contributed by atoms with Crippen LogP contribution in [0.4, 0.5) is 0 Å². The highest BCUT2D eigenvalue weighted by molar-refractivity contribution is 8.41. The molecule has 0 atom stereocenters. The lowest BCUT2D eigenvalue weighted by Gasteiger charge is -2.16. The fraction of sp³-hybridized carbons (Fsp3) is 0.583. The Bertz CT molecular complexity index is 2280. The number of hydrogen-bond donors (Lipinski definition) is 2. The second-order valence-corrected chi connectivity index (χ2v) is 23.7. The van der Waals surface area contributed by atoms with Gasteiger partial charge in [-0.25, -0.2) is 4.99 Å². The van der Waals surface area contributed by atoms with E-state index in [9.17, 15) is 0 Å². The van der Waals surface area contributed by atoms with Crippen LogP contribution < -0.4 is 10.6 Å². The van der Waals surface area contributed by atoms with E-state index < -0.39 is 18.4 Å². The summed E-state index contributed by atoms with van der Waals surface area (Å²) in [5, 5.41) is 6.04. The van der Waals surface area contributed by atoms with E-state index in [0.717, 1.165) is 43.3 Å². The summed E-state index contributed by atoms with van der Waals surface area (Å²) in [6.45, 7) is 69.8. The number of ether oxygens (including phenoxy) is 1. The Morgan fingerprint density at radius 2 is 0.843 bits per heavy atom. The van der Waals surface area contributed by atoms with Gasteiger partial charge in [0.15, 0.2) is 6.40 Å². The summed E-state index contributed by atoms with van der Waals surface area (Å²) in [6, 6.07) is 0. The van der Waals surface area contributed by atoms with E-state index >= 15 is 0 Å². The first-order chi connectivity index (χ1) is 39.4. The molecule has 0 bridgehead atoms. The number of rotatable bonds is 0. The van der Waals surface area contributed by atoms with Crippen LogP contribution in [0.2, 0.25) is 0 Å². The van der Waals surface area contributed by atoms with Crippen LogP contribution in [0.1, 0.15) is 247 Å². The Labute approximate surface area is 519 Å². The highest BCUT2D eigenvalue weighted by Crippen LogP contribution is 2.32. The normalized spacial score (nSPS) is 17.1. The molecule has 2 N–H and O–H groups in total. The van der Waals surface area contributed by atoms with E-state index in [1.165, 1.54) is 93.0 Å². The molecule has 0 saturated heterocycles. The minimum absolute atomic E-state index is 0.704. The molecule has 0 unspecified atom stereocenters. The van der Waals surface area contributed by atoms with Crippen LogP contribution in [0, 0.1) is 0 Å². The number of allylic oxidation sites excluding steroid dienone is 14. The molecular formula is C72H136N8OS2. The molecule has 0 saturated carbocycles. The zero-order valence-electron chi connectivity index (χ0n) is 60.6. The van der Waals surface area contributed by atoms with Crippen molar-refractivity contribution in [2.45, 2.75) is 247 Å². The maximum absolute atomic E-state index is 4.90. The lowest BCUT2D eigenvalue weighted by Crippen LogP contribution is -2.15. The standard InChI is InChI=1S/2C8H13NS.2C8H12.2C6H10N2.C6H9NO.C6H9N.8C2H6/c1-7-5-10(3,4)6-9-8(7)2;1-7-5-9-6-10(3,4)8(7)2;2*1-7-5-3-4-6-8(7)2;2*1-5-3-7-4-8-6(5)2;1-5-3-8-4-7-6(5)2;1-5-3-7-4-6(5)2;8*1-2/h2*6H,3-5H2,1-2H3;3,5H,4,6H2,1-2H3;3-4H,5-6H2,1-2H3;2*4H,3H2,1-2H3,(H,7,8);4H,3H2,1-2H3;3H,4H2,1-2H3;8*1-2H3. The van der Waals surface area contributed by atoms with Crippen molar-refractivity contribution >= 4 is 78.3 Å². The van der Waals surface area contributed by atoms with Crippen LogP contribution in [-0.4, -0.2) is 98.4 Å². The summed E-state index contributed by atoms with van der Waals surface area (Å²) in [7, 11) is -2.14. The SMILES string of the molecule is C=S1(=C)C=NC(C)=C(C)C1.C=S1(=C)C=NCC(C)=C1C.CC.CC.CC.CC.CC.CC.CC.CC.CC1=C(C)CC=CC1.CC1=C(C)CCC=C1.CC1=C(C)CN=C1.CC1=C(C)N=COC1.CC1=C(C)NC=NC1.CC1=C(C)NC=NC1. The molecule has 9 nitrogen and oxygen atoms in total. The predicted molar refractivity (Wildman–Crippen MR) is 406 cm³/mol. The molecule has 482 valence electrons.